The molecule has 1 aliphatic rings. The van der Waals surface area contributed by atoms with Crippen LogP contribution in [0.2, 0.25) is 0 Å². The highest BCUT2D eigenvalue weighted by Gasteiger charge is 2.19. The van der Waals surface area contributed by atoms with Crippen LogP contribution in [-0.2, 0) is 0 Å². The number of aromatic amines is 2. The smallest absolute Gasteiger partial charge is 0.258 e. The van der Waals surface area contributed by atoms with Crippen LogP contribution in [-0.4, -0.2) is 51.2 Å². The van der Waals surface area contributed by atoms with Crippen molar-refractivity contribution in [1.29, 1.82) is 0 Å². The van der Waals surface area contributed by atoms with E-state index in [2.05, 4.69) is 14.9 Å². The Morgan fingerprint density at radius 3 is 2.64 bits per heavy atom. The number of phenolic OH excluding ortho intramolecular Hbond substituents is 1. The summed E-state index contributed by atoms with van der Waals surface area (Å²) in [6.07, 6.45) is 6.84. The van der Waals surface area contributed by atoms with Gasteiger partial charge in [0.15, 0.2) is 0 Å². The molecule has 6 rings (SSSR count). The van der Waals surface area contributed by atoms with E-state index in [1.165, 1.54) is 32.4 Å². The summed E-state index contributed by atoms with van der Waals surface area (Å²) < 4.78 is 6.07. The number of aryl methyl sites for hydroxylation is 1. The topological polar surface area (TPSA) is 94.2 Å². The molecule has 1 saturated heterocycles. The molecule has 36 heavy (non-hydrogen) atoms. The number of aromatic nitrogens is 3. The quantitative estimate of drug-likeness (QED) is 0.220. The first-order valence-corrected chi connectivity index (χ1v) is 12.7. The average molecular weight is 483 g/mol. The summed E-state index contributed by atoms with van der Waals surface area (Å²) >= 11 is 0. The second kappa shape index (κ2) is 9.32. The van der Waals surface area contributed by atoms with E-state index in [1.54, 1.807) is 24.3 Å². The molecule has 0 spiro atoms. The van der Waals surface area contributed by atoms with Crippen molar-refractivity contribution in [2.75, 3.05) is 26.2 Å². The molecular weight excluding hydrogens is 452 g/mol. The molecule has 0 saturated carbocycles. The zero-order valence-electron chi connectivity index (χ0n) is 20.4. The minimum atomic E-state index is -0.196. The molecule has 0 radical (unpaired) electrons. The highest BCUT2D eigenvalue weighted by atomic mass is 16.5. The first-order chi connectivity index (χ1) is 17.6. The summed E-state index contributed by atoms with van der Waals surface area (Å²) in [7, 11) is 0. The maximum Gasteiger partial charge on any atom is 0.258 e. The van der Waals surface area contributed by atoms with Gasteiger partial charge in [0, 0.05) is 40.5 Å². The van der Waals surface area contributed by atoms with E-state index in [1.807, 2.05) is 31.3 Å². The second-order valence-corrected chi connectivity index (χ2v) is 9.72. The van der Waals surface area contributed by atoms with Crippen molar-refractivity contribution in [1.82, 2.24) is 19.9 Å². The third-order valence-corrected chi connectivity index (χ3v) is 7.23. The lowest BCUT2D eigenvalue weighted by Crippen LogP contribution is -2.31. The number of fused-ring (bicyclic) bond motifs is 5. The first-order valence-electron chi connectivity index (χ1n) is 12.7. The molecule has 7 nitrogen and oxygen atoms in total. The number of rotatable bonds is 6. The number of H-pyrrole nitrogens is 2. The van der Waals surface area contributed by atoms with Gasteiger partial charge in [-0.25, -0.2) is 4.98 Å². The van der Waals surface area contributed by atoms with Gasteiger partial charge in [-0.05, 0) is 81.2 Å². The zero-order valence-corrected chi connectivity index (χ0v) is 20.4. The number of piperidine rings is 1. The average Bonchev–Trinajstić information content (AvgIpc) is 3.27. The van der Waals surface area contributed by atoms with Crippen molar-refractivity contribution in [3.8, 4) is 22.8 Å². The number of phenols is 1. The molecule has 5 aromatic rings. The number of benzene rings is 2. The van der Waals surface area contributed by atoms with Gasteiger partial charge in [0.05, 0.1) is 23.2 Å². The van der Waals surface area contributed by atoms with Crippen LogP contribution in [0, 0.1) is 6.92 Å². The lowest BCUT2D eigenvalue weighted by atomic mass is 9.98. The maximum atomic E-state index is 13.5. The van der Waals surface area contributed by atoms with Gasteiger partial charge < -0.3 is 24.7 Å². The molecular formula is C29H30N4O3. The molecule has 0 bridgehead atoms. The molecule has 3 aromatic heterocycles. The van der Waals surface area contributed by atoms with Crippen LogP contribution in [0.4, 0.5) is 0 Å². The van der Waals surface area contributed by atoms with E-state index in [0.717, 1.165) is 57.2 Å². The Morgan fingerprint density at radius 2 is 1.83 bits per heavy atom. The Hall–Kier alpha value is -3.84. The Kier molecular flexibility index (Phi) is 5.85. The highest BCUT2D eigenvalue weighted by Crippen LogP contribution is 2.36. The Bertz CT molecular complexity index is 1610. The van der Waals surface area contributed by atoms with Crippen molar-refractivity contribution >= 4 is 32.7 Å². The maximum absolute atomic E-state index is 13.5. The number of ether oxygens (including phenoxy) is 1. The van der Waals surface area contributed by atoms with Crippen molar-refractivity contribution in [3.63, 3.8) is 0 Å². The van der Waals surface area contributed by atoms with Crippen LogP contribution < -0.4 is 10.3 Å². The fraction of sp³-hybridized carbons (Fsp3) is 0.310. The van der Waals surface area contributed by atoms with Crippen molar-refractivity contribution < 1.29 is 9.84 Å². The molecule has 4 heterocycles. The number of nitrogens with zero attached hydrogens (tertiary/aromatic N) is 2. The van der Waals surface area contributed by atoms with E-state index >= 15 is 0 Å². The van der Waals surface area contributed by atoms with Crippen LogP contribution >= 0.6 is 0 Å². The SMILES string of the molecule is Cc1c[nH]c2nc(-c3ccc(O)cc3)c3c(=O)[nH]c4cc(OCCCN5CCCCC5)ccc4c3c12. The molecule has 0 atom stereocenters. The molecule has 7 heteroatoms. The molecule has 3 N–H and O–H groups in total. The van der Waals surface area contributed by atoms with Gasteiger partial charge in [0.25, 0.3) is 5.56 Å². The number of likely N-dealkylation sites (tertiary alicyclic amines) is 1. The minimum absolute atomic E-state index is 0.169. The molecule has 2 aromatic carbocycles. The number of hydrogen-bond acceptors (Lipinski definition) is 5. The van der Waals surface area contributed by atoms with Crippen molar-refractivity contribution in [2.24, 2.45) is 0 Å². The second-order valence-electron chi connectivity index (χ2n) is 9.72. The van der Waals surface area contributed by atoms with Gasteiger partial charge in [0.1, 0.15) is 17.1 Å². The predicted molar refractivity (Wildman–Crippen MR) is 144 cm³/mol. The third kappa shape index (κ3) is 4.09. The molecule has 0 aliphatic carbocycles. The summed E-state index contributed by atoms with van der Waals surface area (Å²) in [6.45, 7) is 6.12. The predicted octanol–water partition coefficient (Wildman–Crippen LogP) is 5.49. The monoisotopic (exact) mass is 482 g/mol. The van der Waals surface area contributed by atoms with E-state index in [-0.39, 0.29) is 11.3 Å². The normalized spacial score (nSPS) is 14.7. The van der Waals surface area contributed by atoms with E-state index < -0.39 is 0 Å². The molecule has 0 unspecified atom stereocenters. The fourth-order valence-electron chi connectivity index (χ4n) is 5.42. The van der Waals surface area contributed by atoms with Crippen LogP contribution in [0.3, 0.4) is 0 Å². The molecule has 1 aliphatic heterocycles. The number of aromatic hydroxyl groups is 1. The van der Waals surface area contributed by atoms with Gasteiger partial charge in [-0.3, -0.25) is 4.79 Å². The lowest BCUT2D eigenvalue weighted by molar-refractivity contribution is 0.205. The first kappa shape index (κ1) is 22.6. The van der Waals surface area contributed by atoms with Crippen molar-refractivity contribution in [2.45, 2.75) is 32.6 Å². The molecule has 0 amide bonds. The van der Waals surface area contributed by atoms with Crippen LogP contribution in [0.15, 0.2) is 53.5 Å². The number of pyridine rings is 2. The Labute approximate surface area is 208 Å². The zero-order chi connectivity index (χ0) is 24.6. The largest absolute Gasteiger partial charge is 0.508 e. The fourth-order valence-corrected chi connectivity index (χ4v) is 5.42. The summed E-state index contributed by atoms with van der Waals surface area (Å²) in [5, 5.41) is 13.0. The van der Waals surface area contributed by atoms with Gasteiger partial charge in [0.2, 0.25) is 0 Å². The highest BCUT2D eigenvalue weighted by molar-refractivity contribution is 6.21. The van der Waals surface area contributed by atoms with Gasteiger partial charge in [-0.2, -0.15) is 0 Å². The Balaban J connectivity index is 1.40. The summed E-state index contributed by atoms with van der Waals surface area (Å²) in [6, 6.07) is 12.7. The van der Waals surface area contributed by atoms with Crippen LogP contribution in [0.25, 0.3) is 44.0 Å². The summed E-state index contributed by atoms with van der Waals surface area (Å²) in [4.78, 5) is 27.1. The van der Waals surface area contributed by atoms with E-state index in [4.69, 9.17) is 9.72 Å². The number of nitrogens with one attached hydrogen (secondary N) is 2. The molecule has 1 fully saturated rings. The Morgan fingerprint density at radius 1 is 1.03 bits per heavy atom. The van der Waals surface area contributed by atoms with Crippen molar-refractivity contribution in [3.05, 3.63) is 64.6 Å². The van der Waals surface area contributed by atoms with Gasteiger partial charge in [-0.15, -0.1) is 0 Å². The summed E-state index contributed by atoms with van der Waals surface area (Å²) in [5.41, 5.74) is 3.66. The third-order valence-electron chi connectivity index (χ3n) is 7.23. The lowest BCUT2D eigenvalue weighted by Gasteiger charge is -2.26. The minimum Gasteiger partial charge on any atom is -0.508 e. The molecule has 184 valence electrons. The number of hydrogen-bond donors (Lipinski definition) is 3. The van der Waals surface area contributed by atoms with E-state index in [9.17, 15) is 9.90 Å². The summed E-state index contributed by atoms with van der Waals surface area (Å²) in [5.74, 6) is 0.925. The van der Waals surface area contributed by atoms with Crippen LogP contribution in [0.5, 0.6) is 11.5 Å². The van der Waals surface area contributed by atoms with Gasteiger partial charge in [-0.1, -0.05) is 6.42 Å². The van der Waals surface area contributed by atoms with Gasteiger partial charge >= 0.3 is 0 Å². The standard InChI is InChI=1S/C29H30N4O3/c1-18-17-30-28-24(18)25-22-11-10-21(36-15-5-14-33-12-3-2-4-13-33)16-23(22)31-29(35)26(25)27(32-28)19-6-8-20(34)9-7-19/h6-11,16-17,34H,2-5,12-15H2,1H3,(H,30,32)(H,31,35). The van der Waals surface area contributed by atoms with E-state index in [0.29, 0.717) is 17.7 Å². The van der Waals surface area contributed by atoms with Crippen LogP contribution in [0.1, 0.15) is 31.2 Å².